The fraction of sp³-hybridized carbons (Fsp3) is 0.942. The van der Waals surface area contributed by atoms with E-state index < -0.39 is 49.5 Å². The zero-order valence-electron chi connectivity index (χ0n) is 39.9. The number of aliphatic hydroxyl groups excluding tert-OH is 5. The van der Waals surface area contributed by atoms with Crippen molar-refractivity contribution in [3.63, 3.8) is 0 Å². The smallest absolute Gasteiger partial charge is 0.220 e. The molecule has 9 nitrogen and oxygen atoms in total. The van der Waals surface area contributed by atoms with Gasteiger partial charge in [0.25, 0.3) is 0 Å². The summed E-state index contributed by atoms with van der Waals surface area (Å²) in [4.78, 5) is 13.0. The number of aliphatic hydroxyl groups is 5. The van der Waals surface area contributed by atoms with E-state index in [1.165, 1.54) is 180 Å². The first-order valence-corrected chi connectivity index (χ1v) is 26.4. The molecule has 1 heterocycles. The molecule has 0 aromatic carbocycles. The van der Waals surface area contributed by atoms with Gasteiger partial charge in [0.2, 0.25) is 5.91 Å². The molecule has 1 fully saturated rings. The molecule has 7 unspecified atom stereocenters. The van der Waals surface area contributed by atoms with E-state index >= 15 is 0 Å². The second-order valence-corrected chi connectivity index (χ2v) is 18.7. The summed E-state index contributed by atoms with van der Waals surface area (Å²) in [5.41, 5.74) is 0. The van der Waals surface area contributed by atoms with Crippen molar-refractivity contribution in [3.05, 3.63) is 12.2 Å². The van der Waals surface area contributed by atoms with E-state index in [0.717, 1.165) is 51.4 Å². The molecule has 0 radical (unpaired) electrons. The summed E-state index contributed by atoms with van der Waals surface area (Å²) in [6, 6.07) is -0.723. The second-order valence-electron chi connectivity index (χ2n) is 18.7. The van der Waals surface area contributed by atoms with E-state index in [9.17, 15) is 30.3 Å². The summed E-state index contributed by atoms with van der Waals surface area (Å²) in [5, 5.41) is 54.5. The normalized spacial score (nSPS) is 20.4. The van der Waals surface area contributed by atoms with E-state index in [-0.39, 0.29) is 12.5 Å². The van der Waals surface area contributed by atoms with Crippen molar-refractivity contribution in [2.45, 2.75) is 301 Å². The van der Waals surface area contributed by atoms with Gasteiger partial charge < -0.3 is 40.3 Å². The molecule has 0 aromatic heterocycles. The van der Waals surface area contributed by atoms with E-state index in [4.69, 9.17) is 9.47 Å². The Labute approximate surface area is 376 Å². The Bertz CT molecular complexity index is 966. The van der Waals surface area contributed by atoms with E-state index in [1.807, 2.05) is 0 Å². The highest BCUT2D eigenvalue weighted by atomic mass is 16.7. The van der Waals surface area contributed by atoms with Crippen LogP contribution >= 0.6 is 0 Å². The molecule has 0 aromatic rings. The van der Waals surface area contributed by atoms with Gasteiger partial charge in [-0.05, 0) is 38.5 Å². The average Bonchev–Trinajstić information content (AvgIpc) is 3.26. The van der Waals surface area contributed by atoms with Crippen molar-refractivity contribution in [2.24, 2.45) is 0 Å². The summed E-state index contributed by atoms with van der Waals surface area (Å²) in [6.45, 7) is 3.84. The highest BCUT2D eigenvalue weighted by Crippen LogP contribution is 2.23. The lowest BCUT2D eigenvalue weighted by Crippen LogP contribution is -2.60. The van der Waals surface area contributed by atoms with Gasteiger partial charge in [0.1, 0.15) is 24.4 Å². The number of nitrogens with one attached hydrogen (secondary N) is 1. The quantitative estimate of drug-likeness (QED) is 0.0262. The van der Waals surface area contributed by atoms with Crippen molar-refractivity contribution < 1.29 is 39.8 Å². The van der Waals surface area contributed by atoms with Crippen molar-refractivity contribution in [1.82, 2.24) is 5.32 Å². The Hall–Kier alpha value is -1.07. The average molecular weight is 868 g/mol. The molecule has 9 heteroatoms. The molecule has 1 rings (SSSR count). The number of ether oxygens (including phenoxy) is 2. The lowest BCUT2D eigenvalue weighted by molar-refractivity contribution is -0.302. The monoisotopic (exact) mass is 868 g/mol. The molecule has 6 N–H and O–H groups in total. The third-order valence-corrected chi connectivity index (χ3v) is 12.9. The van der Waals surface area contributed by atoms with Crippen molar-refractivity contribution in [2.75, 3.05) is 13.2 Å². The van der Waals surface area contributed by atoms with Crippen LogP contribution in [0.25, 0.3) is 0 Å². The Kier molecular flexibility index (Phi) is 40.7. The Morgan fingerprint density at radius 2 is 0.918 bits per heavy atom. The van der Waals surface area contributed by atoms with Crippen molar-refractivity contribution >= 4 is 5.91 Å². The third kappa shape index (κ3) is 33.1. The zero-order chi connectivity index (χ0) is 44.4. The number of carbonyl (C=O) groups excluding carboxylic acids is 1. The number of amides is 1. The van der Waals surface area contributed by atoms with Crippen molar-refractivity contribution in [1.29, 1.82) is 0 Å². The number of unbranched alkanes of at least 4 members (excludes halogenated alkanes) is 33. The first-order valence-electron chi connectivity index (χ1n) is 26.4. The van der Waals surface area contributed by atoms with Gasteiger partial charge in [-0.15, -0.1) is 0 Å². The Balaban J connectivity index is 2.21. The van der Waals surface area contributed by atoms with Crippen LogP contribution in [0, 0.1) is 0 Å². The van der Waals surface area contributed by atoms with Crippen LogP contribution < -0.4 is 5.32 Å². The maximum absolute atomic E-state index is 13.0. The van der Waals surface area contributed by atoms with Crippen LogP contribution in [0.4, 0.5) is 0 Å². The molecule has 1 aliphatic heterocycles. The highest BCUT2D eigenvalue weighted by Gasteiger charge is 2.44. The molecule has 7 atom stereocenters. The summed E-state index contributed by atoms with van der Waals surface area (Å²) >= 11 is 0. The lowest BCUT2D eigenvalue weighted by atomic mass is 9.99. The van der Waals surface area contributed by atoms with E-state index in [1.54, 1.807) is 0 Å². The summed E-state index contributed by atoms with van der Waals surface area (Å²) < 4.78 is 11.3. The molecule has 0 saturated carbocycles. The van der Waals surface area contributed by atoms with Gasteiger partial charge in [-0.1, -0.05) is 225 Å². The summed E-state index contributed by atoms with van der Waals surface area (Å²) in [7, 11) is 0. The molecule has 1 saturated heterocycles. The van der Waals surface area contributed by atoms with Gasteiger partial charge >= 0.3 is 0 Å². The third-order valence-electron chi connectivity index (χ3n) is 12.9. The molecule has 1 aliphatic rings. The SMILES string of the molecule is CCCCCCCC/C=C\CCCCCC(=O)NC(COC1OC(CO)C(O)C(O)C1O)C(O)CCCCCCCCCCCCCCCCCCCCCCCCCCC. The number of allylic oxidation sites excluding steroid dienone is 2. The van der Waals surface area contributed by atoms with Crippen LogP contribution in [-0.2, 0) is 14.3 Å². The standard InChI is InChI=1S/C52H101NO8/c1-3-5-7-9-11-13-15-17-18-19-20-21-22-23-24-25-26-27-28-30-31-33-35-37-39-41-46(55)45(44-60-52-51(59)50(58)49(57)47(43-54)61-52)53-48(56)42-40-38-36-34-32-29-16-14-12-10-8-6-4-2/h29,32,45-47,49-52,54-55,57-59H,3-28,30-31,33-44H2,1-2H3,(H,53,56)/b32-29-. The fourth-order valence-corrected chi connectivity index (χ4v) is 8.63. The zero-order valence-corrected chi connectivity index (χ0v) is 39.9. The van der Waals surface area contributed by atoms with Crippen LogP contribution in [0.15, 0.2) is 12.2 Å². The predicted molar refractivity (Wildman–Crippen MR) is 254 cm³/mol. The molecule has 0 bridgehead atoms. The first-order chi connectivity index (χ1) is 29.8. The minimum absolute atomic E-state index is 0.140. The van der Waals surface area contributed by atoms with E-state index in [0.29, 0.717) is 12.8 Å². The first kappa shape index (κ1) is 57.9. The minimum Gasteiger partial charge on any atom is -0.394 e. The van der Waals surface area contributed by atoms with Gasteiger partial charge in [-0.3, -0.25) is 4.79 Å². The molecular weight excluding hydrogens is 767 g/mol. The number of carbonyl (C=O) groups is 1. The number of rotatable bonds is 45. The Morgan fingerprint density at radius 3 is 1.33 bits per heavy atom. The molecule has 362 valence electrons. The van der Waals surface area contributed by atoms with Gasteiger partial charge in [-0.25, -0.2) is 0 Å². The number of hydrogen-bond acceptors (Lipinski definition) is 8. The van der Waals surface area contributed by atoms with Crippen LogP contribution in [-0.4, -0.2) is 87.5 Å². The molecular formula is C52H101NO8. The summed E-state index contributed by atoms with van der Waals surface area (Å²) in [5.74, 6) is -0.158. The van der Waals surface area contributed by atoms with Crippen LogP contribution in [0.1, 0.15) is 258 Å². The largest absolute Gasteiger partial charge is 0.394 e. The highest BCUT2D eigenvalue weighted by molar-refractivity contribution is 5.76. The summed E-state index contributed by atoms with van der Waals surface area (Å²) in [6.07, 6.45) is 43.8. The van der Waals surface area contributed by atoms with Gasteiger partial charge in [0, 0.05) is 6.42 Å². The second kappa shape index (κ2) is 42.9. The number of hydrogen-bond donors (Lipinski definition) is 6. The maximum Gasteiger partial charge on any atom is 0.220 e. The van der Waals surface area contributed by atoms with Crippen LogP contribution in [0.2, 0.25) is 0 Å². The van der Waals surface area contributed by atoms with E-state index in [2.05, 4.69) is 31.3 Å². The molecule has 0 spiro atoms. The van der Waals surface area contributed by atoms with Crippen molar-refractivity contribution in [3.8, 4) is 0 Å². The minimum atomic E-state index is -1.55. The van der Waals surface area contributed by atoms with Gasteiger partial charge in [0.15, 0.2) is 6.29 Å². The van der Waals surface area contributed by atoms with Crippen LogP contribution in [0.3, 0.4) is 0 Å². The molecule has 1 amide bonds. The molecule has 61 heavy (non-hydrogen) atoms. The Morgan fingerprint density at radius 1 is 0.541 bits per heavy atom. The maximum atomic E-state index is 13.0. The lowest BCUT2D eigenvalue weighted by Gasteiger charge is -2.40. The predicted octanol–water partition coefficient (Wildman–Crippen LogP) is 12.1. The topological polar surface area (TPSA) is 149 Å². The van der Waals surface area contributed by atoms with Gasteiger partial charge in [-0.2, -0.15) is 0 Å². The molecule has 0 aliphatic carbocycles. The van der Waals surface area contributed by atoms with Crippen LogP contribution in [0.5, 0.6) is 0 Å². The fourth-order valence-electron chi connectivity index (χ4n) is 8.63. The van der Waals surface area contributed by atoms with Gasteiger partial charge in [0.05, 0.1) is 25.4 Å².